The van der Waals surface area contributed by atoms with Gasteiger partial charge in [-0.05, 0) is 30.0 Å². The molecule has 0 aliphatic heterocycles. The van der Waals surface area contributed by atoms with E-state index in [0.717, 1.165) is 4.88 Å². The Labute approximate surface area is 129 Å². The quantitative estimate of drug-likeness (QED) is 0.830. The van der Waals surface area contributed by atoms with Crippen molar-refractivity contribution in [2.75, 3.05) is 0 Å². The second kappa shape index (κ2) is 6.87. The summed E-state index contributed by atoms with van der Waals surface area (Å²) < 4.78 is 0. The average molecular weight is 303 g/mol. The van der Waals surface area contributed by atoms with E-state index in [0.29, 0.717) is 18.0 Å². The minimum atomic E-state index is -0.866. The summed E-state index contributed by atoms with van der Waals surface area (Å²) in [6, 6.07) is 10.6. The number of carboxylic acid groups (broad SMARTS) is 1. The maximum atomic E-state index is 10.8. The van der Waals surface area contributed by atoms with Crippen molar-refractivity contribution in [1.29, 1.82) is 0 Å². The zero-order valence-electron chi connectivity index (χ0n) is 12.6. The Morgan fingerprint density at radius 1 is 1.19 bits per heavy atom. The fourth-order valence-electron chi connectivity index (χ4n) is 2.13. The molecular weight excluding hydrogens is 282 g/mol. The van der Waals surface area contributed by atoms with E-state index >= 15 is 0 Å². The predicted molar refractivity (Wildman–Crippen MR) is 87.1 cm³/mol. The summed E-state index contributed by atoms with van der Waals surface area (Å²) in [4.78, 5) is 11.9. The van der Waals surface area contributed by atoms with Crippen molar-refractivity contribution in [2.24, 2.45) is 0 Å². The Kier molecular flexibility index (Phi) is 5.15. The number of hydrogen-bond acceptors (Lipinski definition) is 3. The normalized spacial score (nSPS) is 12.6. The molecule has 1 atom stereocenters. The first-order valence-electron chi connectivity index (χ1n) is 7.11. The number of nitrogens with one attached hydrogen (secondary N) is 1. The Hall–Kier alpha value is -1.65. The number of rotatable bonds is 6. The number of carbonyl (C=O) groups is 1. The molecule has 0 saturated heterocycles. The maximum absolute atomic E-state index is 10.8. The van der Waals surface area contributed by atoms with Crippen LogP contribution in [0.2, 0.25) is 0 Å². The van der Waals surface area contributed by atoms with E-state index in [1.165, 1.54) is 22.5 Å². The van der Waals surface area contributed by atoms with Crippen molar-refractivity contribution in [3.63, 3.8) is 0 Å². The van der Waals surface area contributed by atoms with Gasteiger partial charge >= 0.3 is 5.97 Å². The van der Waals surface area contributed by atoms with Gasteiger partial charge in [0.15, 0.2) is 0 Å². The molecule has 0 amide bonds. The van der Waals surface area contributed by atoms with Crippen molar-refractivity contribution in [3.05, 3.63) is 57.3 Å². The van der Waals surface area contributed by atoms with Gasteiger partial charge in [0.25, 0.3) is 0 Å². The highest BCUT2D eigenvalue weighted by Crippen LogP contribution is 2.20. The van der Waals surface area contributed by atoms with Gasteiger partial charge in [0, 0.05) is 22.8 Å². The number of hydrogen-bond donors (Lipinski definition) is 2. The third kappa shape index (κ3) is 4.16. The topological polar surface area (TPSA) is 49.3 Å². The lowest BCUT2D eigenvalue weighted by atomic mass is 9.99. The molecule has 1 aromatic carbocycles. The Morgan fingerprint density at radius 3 is 2.33 bits per heavy atom. The second-order valence-electron chi connectivity index (χ2n) is 5.53. The highest BCUT2D eigenvalue weighted by molar-refractivity contribution is 7.10. The van der Waals surface area contributed by atoms with Gasteiger partial charge in [0.1, 0.15) is 0 Å². The highest BCUT2D eigenvalue weighted by atomic mass is 32.1. The Balaban J connectivity index is 1.94. The average Bonchev–Trinajstić information content (AvgIpc) is 2.94. The third-order valence-corrected chi connectivity index (χ3v) is 4.52. The molecule has 1 aromatic heterocycles. The van der Waals surface area contributed by atoms with E-state index in [1.807, 2.05) is 0 Å². The maximum Gasteiger partial charge on any atom is 0.336 e. The molecule has 2 aromatic rings. The van der Waals surface area contributed by atoms with Gasteiger partial charge in [-0.2, -0.15) is 0 Å². The monoisotopic (exact) mass is 303 g/mol. The van der Waals surface area contributed by atoms with Gasteiger partial charge < -0.3 is 10.4 Å². The van der Waals surface area contributed by atoms with Crippen LogP contribution in [-0.2, 0) is 6.54 Å². The molecular formula is C17H21NO2S. The molecule has 0 bridgehead atoms. The lowest BCUT2D eigenvalue weighted by molar-refractivity contribution is 0.0697. The molecule has 0 aliphatic rings. The molecule has 0 saturated carbocycles. The summed E-state index contributed by atoms with van der Waals surface area (Å²) in [5, 5.41) is 14.0. The summed E-state index contributed by atoms with van der Waals surface area (Å²) in [6.45, 7) is 7.18. The van der Waals surface area contributed by atoms with Crippen LogP contribution in [-0.4, -0.2) is 11.1 Å². The fourth-order valence-corrected chi connectivity index (χ4v) is 2.94. The lowest BCUT2D eigenvalue weighted by Gasteiger charge is -2.15. The van der Waals surface area contributed by atoms with Crippen LogP contribution in [0.1, 0.15) is 59.1 Å². The SMILES string of the molecule is CC(C)c1ccc(C(C)NCc2cc(C(=O)O)cs2)cc1. The van der Waals surface area contributed by atoms with Crippen LogP contribution >= 0.6 is 11.3 Å². The van der Waals surface area contributed by atoms with E-state index in [2.05, 4.69) is 50.4 Å². The van der Waals surface area contributed by atoms with Gasteiger partial charge in [-0.25, -0.2) is 4.79 Å². The zero-order chi connectivity index (χ0) is 15.4. The highest BCUT2D eigenvalue weighted by Gasteiger charge is 2.09. The molecule has 3 nitrogen and oxygen atoms in total. The van der Waals surface area contributed by atoms with E-state index in [1.54, 1.807) is 11.4 Å². The molecule has 2 N–H and O–H groups in total. The van der Waals surface area contributed by atoms with Crippen molar-refractivity contribution >= 4 is 17.3 Å². The molecule has 1 unspecified atom stereocenters. The van der Waals surface area contributed by atoms with Crippen LogP contribution in [0, 0.1) is 0 Å². The van der Waals surface area contributed by atoms with Gasteiger partial charge in [-0.3, -0.25) is 0 Å². The summed E-state index contributed by atoms with van der Waals surface area (Å²) in [7, 11) is 0. The Bertz CT molecular complexity index is 602. The standard InChI is InChI=1S/C17H21NO2S/c1-11(2)13-4-6-14(7-5-13)12(3)18-9-16-8-15(10-21-16)17(19)20/h4-8,10-12,18H,9H2,1-3H3,(H,19,20). The van der Waals surface area contributed by atoms with Crippen LogP contribution in [0.3, 0.4) is 0 Å². The molecule has 2 rings (SSSR count). The minimum Gasteiger partial charge on any atom is -0.478 e. The van der Waals surface area contributed by atoms with Crippen LogP contribution < -0.4 is 5.32 Å². The number of thiophene rings is 1. The van der Waals surface area contributed by atoms with Gasteiger partial charge in [-0.1, -0.05) is 38.1 Å². The van der Waals surface area contributed by atoms with E-state index in [4.69, 9.17) is 5.11 Å². The molecule has 0 fully saturated rings. The van der Waals surface area contributed by atoms with Crippen LogP contribution in [0.15, 0.2) is 35.7 Å². The smallest absolute Gasteiger partial charge is 0.336 e. The first kappa shape index (κ1) is 15.7. The molecule has 1 heterocycles. The fraction of sp³-hybridized carbons (Fsp3) is 0.353. The summed E-state index contributed by atoms with van der Waals surface area (Å²) in [6.07, 6.45) is 0. The minimum absolute atomic E-state index is 0.238. The summed E-state index contributed by atoms with van der Waals surface area (Å²) >= 11 is 1.48. The van der Waals surface area contributed by atoms with E-state index in [9.17, 15) is 4.79 Å². The van der Waals surface area contributed by atoms with Crippen molar-refractivity contribution in [1.82, 2.24) is 5.32 Å². The predicted octanol–water partition coefficient (Wildman–Crippen LogP) is 4.42. The Morgan fingerprint density at radius 2 is 1.81 bits per heavy atom. The molecule has 112 valence electrons. The lowest BCUT2D eigenvalue weighted by Crippen LogP contribution is -2.17. The molecule has 0 spiro atoms. The molecule has 4 heteroatoms. The first-order valence-corrected chi connectivity index (χ1v) is 7.99. The third-order valence-electron chi connectivity index (χ3n) is 3.59. The first-order chi connectivity index (χ1) is 9.97. The van der Waals surface area contributed by atoms with E-state index in [-0.39, 0.29) is 6.04 Å². The van der Waals surface area contributed by atoms with Crippen LogP contribution in [0.4, 0.5) is 0 Å². The number of aromatic carboxylic acids is 1. The van der Waals surface area contributed by atoms with Gasteiger partial charge in [-0.15, -0.1) is 11.3 Å². The van der Waals surface area contributed by atoms with Crippen molar-refractivity contribution in [3.8, 4) is 0 Å². The van der Waals surface area contributed by atoms with Crippen molar-refractivity contribution in [2.45, 2.75) is 39.3 Å². The van der Waals surface area contributed by atoms with Crippen LogP contribution in [0.25, 0.3) is 0 Å². The molecule has 0 aliphatic carbocycles. The second-order valence-corrected chi connectivity index (χ2v) is 6.53. The molecule has 21 heavy (non-hydrogen) atoms. The zero-order valence-corrected chi connectivity index (χ0v) is 13.4. The summed E-state index contributed by atoms with van der Waals surface area (Å²) in [5.41, 5.74) is 2.95. The number of benzene rings is 1. The largest absolute Gasteiger partial charge is 0.478 e. The van der Waals surface area contributed by atoms with Crippen molar-refractivity contribution < 1.29 is 9.90 Å². The molecule has 0 radical (unpaired) electrons. The number of carboxylic acids is 1. The van der Waals surface area contributed by atoms with Crippen LogP contribution in [0.5, 0.6) is 0 Å². The van der Waals surface area contributed by atoms with E-state index < -0.39 is 5.97 Å². The summed E-state index contributed by atoms with van der Waals surface area (Å²) in [5.74, 6) is -0.322. The van der Waals surface area contributed by atoms with Gasteiger partial charge in [0.2, 0.25) is 0 Å². The van der Waals surface area contributed by atoms with Gasteiger partial charge in [0.05, 0.1) is 5.56 Å².